The summed E-state index contributed by atoms with van der Waals surface area (Å²) in [5.74, 6) is 0.105. The van der Waals surface area contributed by atoms with Crippen LogP contribution >= 0.6 is 22.9 Å². The number of Topliss-reactive ketones (excluding diaryl/α,β-unsaturated/α-hetero) is 1. The third kappa shape index (κ3) is 3.27. The summed E-state index contributed by atoms with van der Waals surface area (Å²) >= 11 is 8.02. The summed E-state index contributed by atoms with van der Waals surface area (Å²) in [4.78, 5) is 17.2. The van der Waals surface area contributed by atoms with Gasteiger partial charge < -0.3 is 5.73 Å². The number of rotatable bonds is 3. The first-order chi connectivity index (χ1) is 14.0. The zero-order chi connectivity index (χ0) is 20.7. The number of ketones is 1. The molecule has 1 atom stereocenters. The first-order valence-electron chi connectivity index (χ1n) is 9.77. The predicted octanol–water partition coefficient (Wildman–Crippen LogP) is 5.58. The number of nitrogens with zero attached hydrogens (tertiary/aromatic N) is 2. The minimum atomic E-state index is -0.384. The van der Waals surface area contributed by atoms with Crippen molar-refractivity contribution >= 4 is 34.4 Å². The molecule has 6 heteroatoms. The van der Waals surface area contributed by atoms with Crippen LogP contribution in [0.5, 0.6) is 0 Å². The lowest BCUT2D eigenvalue weighted by atomic mass is 9.78. The van der Waals surface area contributed by atoms with E-state index < -0.39 is 0 Å². The zero-order valence-electron chi connectivity index (χ0n) is 16.5. The van der Waals surface area contributed by atoms with Crippen molar-refractivity contribution in [3.05, 3.63) is 73.3 Å². The van der Waals surface area contributed by atoms with Crippen molar-refractivity contribution in [1.82, 2.24) is 0 Å². The van der Waals surface area contributed by atoms with Gasteiger partial charge in [0, 0.05) is 38.2 Å². The minimum Gasteiger partial charge on any atom is -0.384 e. The second-order valence-electron chi connectivity index (χ2n) is 7.41. The van der Waals surface area contributed by atoms with Crippen LogP contribution in [-0.4, -0.2) is 5.78 Å². The molecule has 1 aromatic heterocycles. The van der Waals surface area contributed by atoms with Gasteiger partial charge in [0.05, 0.1) is 17.6 Å². The van der Waals surface area contributed by atoms with E-state index in [1.54, 1.807) is 11.3 Å². The second-order valence-corrected chi connectivity index (χ2v) is 9.01. The number of nitrogens with two attached hydrogens (primary N) is 1. The van der Waals surface area contributed by atoms with Crippen molar-refractivity contribution in [2.24, 2.45) is 5.73 Å². The van der Waals surface area contributed by atoms with E-state index in [-0.39, 0.29) is 11.7 Å². The van der Waals surface area contributed by atoms with E-state index in [0.29, 0.717) is 28.4 Å². The third-order valence-corrected chi connectivity index (χ3v) is 7.34. The Morgan fingerprint density at radius 1 is 1.31 bits per heavy atom. The highest BCUT2D eigenvalue weighted by molar-refractivity contribution is 7.12. The summed E-state index contributed by atoms with van der Waals surface area (Å²) < 4.78 is 0. The maximum atomic E-state index is 13.1. The molecule has 29 heavy (non-hydrogen) atoms. The fourth-order valence-corrected chi connectivity index (χ4v) is 5.37. The number of thiophene rings is 1. The molecule has 1 aliphatic heterocycles. The Morgan fingerprint density at radius 2 is 2.10 bits per heavy atom. The molecule has 0 bridgehead atoms. The fraction of sp³-hybridized carbons (Fsp3) is 0.304. The Hall–Kier alpha value is -2.55. The Bertz CT molecular complexity index is 1110. The Morgan fingerprint density at radius 3 is 2.76 bits per heavy atom. The molecule has 148 valence electrons. The van der Waals surface area contributed by atoms with Gasteiger partial charge in [0.1, 0.15) is 5.82 Å². The van der Waals surface area contributed by atoms with Crippen LogP contribution in [0.4, 0.5) is 5.69 Å². The number of halogens is 1. The topological polar surface area (TPSA) is 70.1 Å². The third-order valence-electron chi connectivity index (χ3n) is 5.64. The molecule has 0 spiro atoms. The van der Waals surface area contributed by atoms with Crippen LogP contribution in [0.1, 0.15) is 47.4 Å². The molecule has 4 rings (SSSR count). The number of carbonyl (C=O) groups excluding carboxylic acids is 1. The maximum Gasteiger partial charge on any atom is 0.161 e. The predicted molar refractivity (Wildman–Crippen MR) is 118 cm³/mol. The second kappa shape index (κ2) is 7.70. The summed E-state index contributed by atoms with van der Waals surface area (Å²) in [6.45, 7) is 4.04. The van der Waals surface area contributed by atoms with Gasteiger partial charge in [0.25, 0.3) is 0 Å². The van der Waals surface area contributed by atoms with E-state index in [2.05, 4.69) is 19.1 Å². The zero-order valence-corrected chi connectivity index (χ0v) is 18.0. The van der Waals surface area contributed by atoms with Gasteiger partial charge in [0.2, 0.25) is 0 Å². The lowest BCUT2D eigenvalue weighted by Gasteiger charge is -2.39. The number of hydrogen-bond donors (Lipinski definition) is 1. The molecule has 1 aliphatic carbocycles. The van der Waals surface area contributed by atoms with Gasteiger partial charge in [-0.1, -0.05) is 24.6 Å². The molecule has 1 unspecified atom stereocenters. The molecule has 2 heterocycles. The van der Waals surface area contributed by atoms with Crippen LogP contribution in [0.25, 0.3) is 0 Å². The van der Waals surface area contributed by atoms with Crippen LogP contribution in [0.3, 0.4) is 0 Å². The summed E-state index contributed by atoms with van der Waals surface area (Å²) in [5.41, 5.74) is 10.4. The lowest BCUT2D eigenvalue weighted by Crippen LogP contribution is -2.38. The van der Waals surface area contributed by atoms with Crippen molar-refractivity contribution in [3.8, 4) is 6.07 Å². The molecule has 2 aliphatic rings. The quantitative estimate of drug-likeness (QED) is 0.699. The molecule has 0 saturated heterocycles. The number of nitriles is 1. The number of benzene rings is 1. The average molecular weight is 424 g/mol. The summed E-state index contributed by atoms with van der Waals surface area (Å²) in [6, 6.07) is 12.1. The molecule has 2 N–H and O–H groups in total. The average Bonchev–Trinajstić information content (AvgIpc) is 3.18. The van der Waals surface area contributed by atoms with Crippen LogP contribution in [0.2, 0.25) is 5.02 Å². The Balaban J connectivity index is 1.95. The molecule has 0 radical (unpaired) electrons. The van der Waals surface area contributed by atoms with Gasteiger partial charge in [-0.15, -0.1) is 11.3 Å². The van der Waals surface area contributed by atoms with E-state index >= 15 is 0 Å². The standard InChI is InChI=1S/C23H22ClN3OS/c1-3-15-9-10-20(29-15)21-16(12-25)23(26)27(14-8-7-13(2)17(24)11-14)18-5-4-6-19(28)22(18)21/h7-11,21H,3-6,26H2,1-2H3. The largest absolute Gasteiger partial charge is 0.384 e. The molecular formula is C23H22ClN3OS. The highest BCUT2D eigenvalue weighted by atomic mass is 35.5. The first-order valence-corrected chi connectivity index (χ1v) is 11.0. The Labute approximate surface area is 179 Å². The normalized spacial score (nSPS) is 19.4. The highest BCUT2D eigenvalue weighted by Crippen LogP contribution is 2.48. The molecule has 0 saturated carbocycles. The highest BCUT2D eigenvalue weighted by Gasteiger charge is 2.40. The number of aryl methyl sites for hydroxylation is 2. The summed E-state index contributed by atoms with van der Waals surface area (Å²) in [6.07, 6.45) is 2.95. The van der Waals surface area contributed by atoms with Crippen molar-refractivity contribution in [3.63, 3.8) is 0 Å². The summed E-state index contributed by atoms with van der Waals surface area (Å²) in [7, 11) is 0. The molecule has 4 nitrogen and oxygen atoms in total. The molecule has 1 aromatic carbocycles. The lowest BCUT2D eigenvalue weighted by molar-refractivity contribution is -0.116. The van der Waals surface area contributed by atoms with Crippen LogP contribution in [-0.2, 0) is 11.2 Å². The first kappa shape index (κ1) is 19.8. The van der Waals surface area contributed by atoms with Crippen LogP contribution in [0, 0.1) is 18.3 Å². The van der Waals surface area contributed by atoms with E-state index in [1.807, 2.05) is 36.1 Å². The number of carbonyl (C=O) groups is 1. The van der Waals surface area contributed by atoms with Crippen molar-refractivity contribution < 1.29 is 4.79 Å². The molecule has 2 aromatic rings. The van der Waals surface area contributed by atoms with Gasteiger partial charge in [0.15, 0.2) is 5.78 Å². The maximum absolute atomic E-state index is 13.1. The van der Waals surface area contributed by atoms with Crippen molar-refractivity contribution in [2.75, 3.05) is 4.90 Å². The van der Waals surface area contributed by atoms with Gasteiger partial charge in [-0.2, -0.15) is 5.26 Å². The van der Waals surface area contributed by atoms with Crippen LogP contribution in [0.15, 0.2) is 53.0 Å². The molecule has 0 amide bonds. The SMILES string of the molecule is CCc1ccc(C2C(C#N)=C(N)N(c3ccc(C)c(Cl)c3)C3=C2C(=O)CCC3)s1. The molecule has 0 fully saturated rings. The summed E-state index contributed by atoms with van der Waals surface area (Å²) in [5, 5.41) is 10.7. The van der Waals surface area contributed by atoms with Gasteiger partial charge >= 0.3 is 0 Å². The fourth-order valence-electron chi connectivity index (χ4n) is 4.13. The van der Waals surface area contributed by atoms with Crippen molar-refractivity contribution in [2.45, 2.75) is 45.4 Å². The minimum absolute atomic E-state index is 0.103. The number of hydrogen-bond acceptors (Lipinski definition) is 5. The number of anilines is 1. The van der Waals surface area contributed by atoms with E-state index in [0.717, 1.165) is 41.1 Å². The van der Waals surface area contributed by atoms with E-state index in [1.165, 1.54) is 4.88 Å². The van der Waals surface area contributed by atoms with Gasteiger partial charge in [-0.05, 0) is 56.0 Å². The Kier molecular flexibility index (Phi) is 5.24. The van der Waals surface area contributed by atoms with Crippen LogP contribution < -0.4 is 10.6 Å². The van der Waals surface area contributed by atoms with E-state index in [4.69, 9.17) is 17.3 Å². The number of allylic oxidation sites excluding steroid dienone is 3. The van der Waals surface area contributed by atoms with Gasteiger partial charge in [-0.3, -0.25) is 9.69 Å². The molecular weight excluding hydrogens is 402 g/mol. The monoisotopic (exact) mass is 423 g/mol. The smallest absolute Gasteiger partial charge is 0.161 e. The van der Waals surface area contributed by atoms with Gasteiger partial charge in [-0.25, -0.2) is 0 Å². The van der Waals surface area contributed by atoms with Crippen molar-refractivity contribution in [1.29, 1.82) is 5.26 Å². The van der Waals surface area contributed by atoms with E-state index in [9.17, 15) is 10.1 Å².